The maximum atomic E-state index is 12.8. The second-order valence-electron chi connectivity index (χ2n) is 7.34. The molecule has 0 saturated heterocycles. The van der Waals surface area contributed by atoms with E-state index in [1.807, 2.05) is 30.3 Å². The van der Waals surface area contributed by atoms with Crippen molar-refractivity contribution < 1.29 is 14.3 Å². The minimum Gasteiger partial charge on any atom is -0.493 e. The van der Waals surface area contributed by atoms with Crippen LogP contribution in [-0.2, 0) is 11.2 Å². The fourth-order valence-electron chi connectivity index (χ4n) is 3.69. The first kappa shape index (κ1) is 20.2. The van der Waals surface area contributed by atoms with Crippen molar-refractivity contribution >= 4 is 5.91 Å². The molecule has 5 heteroatoms. The van der Waals surface area contributed by atoms with Crippen LogP contribution in [0.3, 0.4) is 0 Å². The molecule has 0 aliphatic heterocycles. The maximum Gasteiger partial charge on any atom is 0.227 e. The monoisotopic (exact) mass is 382 g/mol. The Morgan fingerprint density at radius 2 is 1.93 bits per heavy atom. The molecule has 28 heavy (non-hydrogen) atoms. The topological polar surface area (TPSA) is 60.5 Å². The number of hydrogen-bond acceptors (Lipinski definition) is 4. The minimum atomic E-state index is -0.262. The molecular weight excluding hydrogens is 352 g/mol. The number of amides is 1. The Morgan fingerprint density at radius 3 is 2.61 bits per heavy atom. The van der Waals surface area contributed by atoms with E-state index >= 15 is 0 Å². The third-order valence-electron chi connectivity index (χ3n) is 5.24. The van der Waals surface area contributed by atoms with Gasteiger partial charge in [-0.25, -0.2) is 0 Å². The van der Waals surface area contributed by atoms with Crippen molar-refractivity contribution in [3.8, 4) is 11.5 Å². The second-order valence-corrected chi connectivity index (χ2v) is 7.34. The van der Waals surface area contributed by atoms with Gasteiger partial charge in [-0.1, -0.05) is 13.0 Å². The van der Waals surface area contributed by atoms with Crippen molar-refractivity contribution in [2.24, 2.45) is 0 Å². The zero-order valence-electron chi connectivity index (χ0n) is 16.8. The number of ether oxygens (including phenoxy) is 2. The molecule has 2 aromatic rings. The van der Waals surface area contributed by atoms with E-state index < -0.39 is 0 Å². The van der Waals surface area contributed by atoms with E-state index in [-0.39, 0.29) is 17.9 Å². The van der Waals surface area contributed by atoms with Gasteiger partial charge >= 0.3 is 0 Å². The van der Waals surface area contributed by atoms with Crippen molar-refractivity contribution in [2.75, 3.05) is 13.7 Å². The van der Waals surface area contributed by atoms with Crippen LogP contribution < -0.4 is 14.8 Å². The molecule has 1 aromatic heterocycles. The van der Waals surface area contributed by atoms with Crippen LogP contribution in [0.15, 0.2) is 42.7 Å². The fraction of sp³-hybridized carbons (Fsp3) is 0.478. The van der Waals surface area contributed by atoms with Crippen LogP contribution in [-0.4, -0.2) is 30.6 Å². The lowest BCUT2D eigenvalue weighted by molar-refractivity contribution is -0.122. The molecule has 1 amide bonds. The number of hydrogen-bond donors (Lipinski definition) is 1. The van der Waals surface area contributed by atoms with E-state index in [0.29, 0.717) is 13.0 Å². The molecule has 1 heterocycles. The largest absolute Gasteiger partial charge is 0.493 e. The van der Waals surface area contributed by atoms with E-state index in [1.54, 1.807) is 19.5 Å². The van der Waals surface area contributed by atoms with Crippen molar-refractivity contribution in [3.63, 3.8) is 0 Å². The molecule has 1 fully saturated rings. The molecule has 1 aliphatic rings. The van der Waals surface area contributed by atoms with Gasteiger partial charge in [-0.3, -0.25) is 9.78 Å². The average Bonchev–Trinajstić information content (AvgIpc) is 3.24. The van der Waals surface area contributed by atoms with Gasteiger partial charge in [0.25, 0.3) is 0 Å². The van der Waals surface area contributed by atoms with Crippen LogP contribution in [0.4, 0.5) is 0 Å². The predicted molar refractivity (Wildman–Crippen MR) is 110 cm³/mol. The van der Waals surface area contributed by atoms with E-state index in [2.05, 4.69) is 17.2 Å². The Hall–Kier alpha value is -2.56. The molecule has 0 spiro atoms. The normalized spacial score (nSPS) is 15.2. The summed E-state index contributed by atoms with van der Waals surface area (Å²) in [5.74, 6) is 1.30. The predicted octanol–water partition coefficient (Wildman–Crippen LogP) is 4.26. The molecule has 5 nitrogen and oxygen atoms in total. The summed E-state index contributed by atoms with van der Waals surface area (Å²) in [5.41, 5.74) is 2.03. The molecule has 150 valence electrons. The second kappa shape index (κ2) is 10.1. The Morgan fingerprint density at radius 1 is 1.18 bits per heavy atom. The summed E-state index contributed by atoms with van der Waals surface area (Å²) in [4.78, 5) is 16.9. The number of aromatic nitrogens is 1. The number of pyridine rings is 1. The first-order valence-corrected chi connectivity index (χ1v) is 10.2. The van der Waals surface area contributed by atoms with E-state index in [0.717, 1.165) is 41.9 Å². The van der Waals surface area contributed by atoms with Crippen LogP contribution in [0.5, 0.6) is 11.5 Å². The fourth-order valence-corrected chi connectivity index (χ4v) is 3.69. The van der Waals surface area contributed by atoms with Crippen LogP contribution in [0.2, 0.25) is 0 Å². The lowest BCUT2D eigenvalue weighted by Gasteiger charge is -2.20. The first-order chi connectivity index (χ1) is 13.7. The number of nitrogens with zero attached hydrogens (tertiary/aromatic N) is 1. The van der Waals surface area contributed by atoms with Gasteiger partial charge in [-0.2, -0.15) is 0 Å². The third-order valence-corrected chi connectivity index (χ3v) is 5.24. The van der Waals surface area contributed by atoms with Crippen LogP contribution >= 0.6 is 0 Å². The van der Waals surface area contributed by atoms with Gasteiger partial charge in [-0.05, 0) is 73.9 Å². The van der Waals surface area contributed by atoms with E-state index in [4.69, 9.17) is 9.47 Å². The Labute approximate surface area is 167 Å². The van der Waals surface area contributed by atoms with Crippen molar-refractivity contribution in [1.82, 2.24) is 10.3 Å². The zero-order chi connectivity index (χ0) is 19.8. The summed E-state index contributed by atoms with van der Waals surface area (Å²) >= 11 is 0. The summed E-state index contributed by atoms with van der Waals surface area (Å²) in [7, 11) is 1.66. The number of carbonyl (C=O) groups excluding carboxylic acids is 1. The lowest BCUT2D eigenvalue weighted by Crippen LogP contribution is -2.31. The summed E-state index contributed by atoms with van der Waals surface area (Å²) in [6, 6.07) is 9.80. The van der Waals surface area contributed by atoms with Gasteiger partial charge in [0, 0.05) is 18.9 Å². The average molecular weight is 383 g/mol. The van der Waals surface area contributed by atoms with Crippen molar-refractivity contribution in [2.45, 2.75) is 57.5 Å². The summed E-state index contributed by atoms with van der Waals surface area (Å²) < 4.78 is 11.7. The zero-order valence-corrected chi connectivity index (χ0v) is 16.8. The SMILES string of the molecule is CCCNC(=O)C(Cc1ccc(OC)c(OC2CCCC2)c1)c1ccncc1. The van der Waals surface area contributed by atoms with Gasteiger partial charge in [0.2, 0.25) is 5.91 Å². The summed E-state index contributed by atoms with van der Waals surface area (Å²) in [5, 5.41) is 3.03. The Kier molecular flexibility index (Phi) is 7.29. The molecule has 1 aliphatic carbocycles. The number of rotatable bonds is 9. The summed E-state index contributed by atoms with van der Waals surface area (Å²) in [6.07, 6.45) is 9.85. The molecule has 0 bridgehead atoms. The smallest absolute Gasteiger partial charge is 0.227 e. The molecule has 1 unspecified atom stereocenters. The van der Waals surface area contributed by atoms with Gasteiger partial charge in [-0.15, -0.1) is 0 Å². The highest BCUT2D eigenvalue weighted by Crippen LogP contribution is 2.34. The van der Waals surface area contributed by atoms with Gasteiger partial charge in [0.05, 0.1) is 19.1 Å². The number of methoxy groups -OCH3 is 1. The van der Waals surface area contributed by atoms with Crippen molar-refractivity contribution in [3.05, 3.63) is 53.9 Å². The molecule has 1 saturated carbocycles. The third kappa shape index (κ3) is 5.24. The van der Waals surface area contributed by atoms with Gasteiger partial charge < -0.3 is 14.8 Å². The van der Waals surface area contributed by atoms with E-state index in [1.165, 1.54) is 12.8 Å². The van der Waals surface area contributed by atoms with E-state index in [9.17, 15) is 4.79 Å². The number of benzene rings is 1. The summed E-state index contributed by atoms with van der Waals surface area (Å²) in [6.45, 7) is 2.73. The molecule has 1 N–H and O–H groups in total. The highest BCUT2D eigenvalue weighted by atomic mass is 16.5. The molecule has 3 rings (SSSR count). The number of carbonyl (C=O) groups is 1. The lowest BCUT2D eigenvalue weighted by atomic mass is 9.91. The standard InChI is InChI=1S/C23H30N2O3/c1-3-12-25-23(26)20(18-10-13-24-14-11-18)15-17-8-9-21(27-2)22(16-17)28-19-6-4-5-7-19/h8-11,13-14,16,19-20H,3-7,12,15H2,1-2H3,(H,25,26). The molecule has 0 radical (unpaired) electrons. The highest BCUT2D eigenvalue weighted by Gasteiger charge is 2.23. The van der Waals surface area contributed by atoms with Gasteiger partial charge in [0.15, 0.2) is 11.5 Å². The number of nitrogens with one attached hydrogen (secondary N) is 1. The van der Waals surface area contributed by atoms with Crippen molar-refractivity contribution in [1.29, 1.82) is 0 Å². The van der Waals surface area contributed by atoms with Crippen LogP contribution in [0.25, 0.3) is 0 Å². The Bertz CT molecular complexity index is 758. The minimum absolute atomic E-state index is 0.0436. The molecule has 1 aromatic carbocycles. The highest BCUT2D eigenvalue weighted by molar-refractivity contribution is 5.84. The quantitative estimate of drug-likeness (QED) is 0.704. The molecule has 1 atom stereocenters. The molecular formula is C23H30N2O3. The Balaban J connectivity index is 1.82. The maximum absolute atomic E-state index is 12.8. The first-order valence-electron chi connectivity index (χ1n) is 10.2. The van der Waals surface area contributed by atoms with Gasteiger partial charge in [0.1, 0.15) is 0 Å². The van der Waals surface area contributed by atoms with Crippen LogP contribution in [0.1, 0.15) is 56.1 Å². The van der Waals surface area contributed by atoms with Crippen LogP contribution in [0, 0.1) is 0 Å².